The lowest BCUT2D eigenvalue weighted by Crippen LogP contribution is -2.17. The minimum absolute atomic E-state index is 0.139. The van der Waals surface area contributed by atoms with E-state index in [2.05, 4.69) is 30.9 Å². The van der Waals surface area contributed by atoms with Crippen molar-refractivity contribution in [3.63, 3.8) is 0 Å². The number of aromatic nitrogens is 2. The van der Waals surface area contributed by atoms with E-state index in [4.69, 9.17) is 10.3 Å². The summed E-state index contributed by atoms with van der Waals surface area (Å²) in [5.41, 5.74) is 5.98. The van der Waals surface area contributed by atoms with Crippen LogP contribution in [0.25, 0.3) is 0 Å². The molecule has 0 saturated heterocycles. The molecule has 1 aromatic rings. The monoisotopic (exact) mass is 223 g/mol. The lowest BCUT2D eigenvalue weighted by molar-refractivity contribution is 0.321. The summed E-state index contributed by atoms with van der Waals surface area (Å²) in [5, 5.41) is 4.07. The molecule has 90 valence electrons. The first-order valence-corrected chi connectivity index (χ1v) is 6.17. The molecule has 2 unspecified atom stereocenters. The molecular formula is C12H21N3O. The van der Waals surface area contributed by atoms with E-state index in [1.807, 2.05) is 0 Å². The number of nitrogens with two attached hydrogens (primary N) is 1. The van der Waals surface area contributed by atoms with Crippen LogP contribution in [0.1, 0.15) is 63.7 Å². The summed E-state index contributed by atoms with van der Waals surface area (Å²) in [6.45, 7) is 6.40. The second kappa shape index (κ2) is 4.53. The highest BCUT2D eigenvalue weighted by atomic mass is 16.5. The van der Waals surface area contributed by atoms with Crippen molar-refractivity contribution in [2.45, 2.75) is 52.0 Å². The van der Waals surface area contributed by atoms with E-state index in [1.165, 1.54) is 19.3 Å². The summed E-state index contributed by atoms with van der Waals surface area (Å²) < 4.78 is 5.25. The quantitative estimate of drug-likeness (QED) is 0.855. The first-order chi connectivity index (χ1) is 7.58. The molecule has 2 rings (SSSR count). The zero-order chi connectivity index (χ0) is 11.7. The molecule has 4 heteroatoms. The van der Waals surface area contributed by atoms with Gasteiger partial charge in [-0.05, 0) is 31.1 Å². The normalized spacial score (nSPS) is 27.6. The van der Waals surface area contributed by atoms with Gasteiger partial charge in [-0.3, -0.25) is 0 Å². The van der Waals surface area contributed by atoms with Gasteiger partial charge in [-0.1, -0.05) is 25.9 Å². The number of rotatable bonds is 3. The fourth-order valence-electron chi connectivity index (χ4n) is 2.28. The summed E-state index contributed by atoms with van der Waals surface area (Å²) in [6.07, 6.45) is 3.62. The fraction of sp³-hybridized carbons (Fsp3) is 0.833. The first kappa shape index (κ1) is 11.6. The maximum atomic E-state index is 5.98. The van der Waals surface area contributed by atoms with Gasteiger partial charge in [0.1, 0.15) is 0 Å². The van der Waals surface area contributed by atoms with Crippen LogP contribution in [0.4, 0.5) is 0 Å². The maximum Gasteiger partial charge on any atom is 0.243 e. The van der Waals surface area contributed by atoms with E-state index in [9.17, 15) is 0 Å². The van der Waals surface area contributed by atoms with Crippen LogP contribution in [0.15, 0.2) is 4.52 Å². The van der Waals surface area contributed by atoms with E-state index in [0.717, 1.165) is 11.7 Å². The van der Waals surface area contributed by atoms with Gasteiger partial charge >= 0.3 is 0 Å². The second-order valence-electron chi connectivity index (χ2n) is 5.38. The van der Waals surface area contributed by atoms with Gasteiger partial charge in [0.05, 0.1) is 6.04 Å². The van der Waals surface area contributed by atoms with Crippen LogP contribution < -0.4 is 5.73 Å². The van der Waals surface area contributed by atoms with Crippen molar-refractivity contribution in [1.82, 2.24) is 10.1 Å². The molecule has 1 heterocycles. The van der Waals surface area contributed by atoms with E-state index >= 15 is 0 Å². The Labute approximate surface area is 96.6 Å². The Morgan fingerprint density at radius 3 is 2.69 bits per heavy atom. The van der Waals surface area contributed by atoms with Crippen LogP contribution in [0.2, 0.25) is 0 Å². The number of hydrogen-bond acceptors (Lipinski definition) is 4. The lowest BCUT2D eigenvalue weighted by Gasteiger charge is -2.09. The highest BCUT2D eigenvalue weighted by Crippen LogP contribution is 2.36. The maximum absolute atomic E-state index is 5.98. The van der Waals surface area contributed by atoms with Crippen molar-refractivity contribution in [3.8, 4) is 0 Å². The fourth-order valence-corrected chi connectivity index (χ4v) is 2.28. The van der Waals surface area contributed by atoms with E-state index < -0.39 is 0 Å². The molecule has 0 aromatic carbocycles. The van der Waals surface area contributed by atoms with Crippen molar-refractivity contribution >= 4 is 0 Å². The predicted molar refractivity (Wildman–Crippen MR) is 61.8 cm³/mol. The molecule has 0 spiro atoms. The standard InChI is InChI=1S/C12H21N3O/c1-7(2)10(13)12-14-11(15-16-12)9-5-4-8(3)6-9/h7-10H,4-6,13H2,1-3H3/t8?,9?,10-/m1/s1. The topological polar surface area (TPSA) is 64.9 Å². The van der Waals surface area contributed by atoms with Gasteiger partial charge in [-0.2, -0.15) is 4.98 Å². The molecule has 2 N–H and O–H groups in total. The molecule has 0 amide bonds. The Hall–Kier alpha value is -0.900. The van der Waals surface area contributed by atoms with Crippen LogP contribution in [0.3, 0.4) is 0 Å². The van der Waals surface area contributed by atoms with Crippen LogP contribution in [0, 0.1) is 11.8 Å². The van der Waals surface area contributed by atoms with Crippen molar-refractivity contribution in [2.75, 3.05) is 0 Å². The highest BCUT2D eigenvalue weighted by molar-refractivity contribution is 5.01. The van der Waals surface area contributed by atoms with E-state index in [1.54, 1.807) is 0 Å². The average Bonchev–Trinajstić information content (AvgIpc) is 2.84. The second-order valence-corrected chi connectivity index (χ2v) is 5.38. The molecular weight excluding hydrogens is 202 g/mol. The van der Waals surface area contributed by atoms with Crippen LogP contribution >= 0.6 is 0 Å². The molecule has 1 aromatic heterocycles. The Morgan fingerprint density at radius 1 is 1.38 bits per heavy atom. The van der Waals surface area contributed by atoms with Gasteiger partial charge in [-0.15, -0.1) is 0 Å². The number of hydrogen-bond donors (Lipinski definition) is 1. The third kappa shape index (κ3) is 2.26. The van der Waals surface area contributed by atoms with Gasteiger partial charge in [0.25, 0.3) is 0 Å². The molecule has 1 aliphatic carbocycles. The zero-order valence-corrected chi connectivity index (χ0v) is 10.3. The molecule has 1 fully saturated rings. The van der Waals surface area contributed by atoms with Gasteiger partial charge in [-0.25, -0.2) is 0 Å². The predicted octanol–water partition coefficient (Wildman–Crippen LogP) is 2.63. The molecule has 1 aliphatic rings. The SMILES string of the molecule is CC1CCC(c2noc([C@H](N)C(C)C)n2)C1. The lowest BCUT2D eigenvalue weighted by atomic mass is 10.0. The third-order valence-corrected chi connectivity index (χ3v) is 3.52. The van der Waals surface area contributed by atoms with Crippen molar-refractivity contribution < 1.29 is 4.52 Å². The third-order valence-electron chi connectivity index (χ3n) is 3.52. The molecule has 3 atom stereocenters. The Kier molecular flexibility index (Phi) is 3.28. The van der Waals surface area contributed by atoms with Crippen molar-refractivity contribution in [3.05, 3.63) is 11.7 Å². The summed E-state index contributed by atoms with van der Waals surface area (Å²) in [6, 6.07) is -0.139. The van der Waals surface area contributed by atoms with Crippen LogP contribution in [-0.4, -0.2) is 10.1 Å². The first-order valence-electron chi connectivity index (χ1n) is 6.17. The Balaban J connectivity index is 2.07. The summed E-state index contributed by atoms with van der Waals surface area (Å²) in [4.78, 5) is 4.45. The molecule has 4 nitrogen and oxygen atoms in total. The summed E-state index contributed by atoms with van der Waals surface area (Å²) >= 11 is 0. The molecule has 0 aliphatic heterocycles. The van der Waals surface area contributed by atoms with E-state index in [-0.39, 0.29) is 6.04 Å². The van der Waals surface area contributed by atoms with Gasteiger partial charge < -0.3 is 10.3 Å². The molecule has 16 heavy (non-hydrogen) atoms. The van der Waals surface area contributed by atoms with Gasteiger partial charge in [0, 0.05) is 5.92 Å². The van der Waals surface area contributed by atoms with Crippen LogP contribution in [0.5, 0.6) is 0 Å². The average molecular weight is 223 g/mol. The van der Waals surface area contributed by atoms with Crippen molar-refractivity contribution in [2.24, 2.45) is 17.6 Å². The summed E-state index contributed by atoms with van der Waals surface area (Å²) in [7, 11) is 0. The van der Waals surface area contributed by atoms with E-state index in [0.29, 0.717) is 17.7 Å². The molecule has 0 bridgehead atoms. The van der Waals surface area contributed by atoms with Crippen molar-refractivity contribution in [1.29, 1.82) is 0 Å². The largest absolute Gasteiger partial charge is 0.338 e. The molecule has 0 radical (unpaired) electrons. The Bertz CT molecular complexity index is 348. The smallest absolute Gasteiger partial charge is 0.243 e. The minimum atomic E-state index is -0.139. The Morgan fingerprint density at radius 2 is 2.12 bits per heavy atom. The minimum Gasteiger partial charge on any atom is -0.338 e. The molecule has 1 saturated carbocycles. The summed E-state index contributed by atoms with van der Waals surface area (Å²) in [5.74, 6) is 3.04. The van der Waals surface area contributed by atoms with Crippen LogP contribution in [-0.2, 0) is 0 Å². The van der Waals surface area contributed by atoms with Gasteiger partial charge in [0.2, 0.25) is 5.89 Å². The highest BCUT2D eigenvalue weighted by Gasteiger charge is 2.28. The number of nitrogens with zero attached hydrogens (tertiary/aromatic N) is 2. The zero-order valence-electron chi connectivity index (χ0n) is 10.3. The van der Waals surface area contributed by atoms with Gasteiger partial charge in [0.15, 0.2) is 5.82 Å².